The van der Waals surface area contributed by atoms with Crippen molar-refractivity contribution in [3.8, 4) is 39.6 Å². The molecule has 6 heteroatoms. The van der Waals surface area contributed by atoms with Gasteiger partial charge < -0.3 is 14.5 Å². The Bertz CT molecular complexity index is 3160. The van der Waals surface area contributed by atoms with Crippen molar-refractivity contribution < 1.29 is 9.13 Å². The molecule has 2 aromatic heterocycles. The summed E-state index contributed by atoms with van der Waals surface area (Å²) < 4.78 is 23.3. The van der Waals surface area contributed by atoms with E-state index in [4.69, 9.17) is 9.72 Å². The van der Waals surface area contributed by atoms with Gasteiger partial charge in [0.25, 0.3) is 0 Å². The molecular formula is C58H53FN4O. The third-order valence-electron chi connectivity index (χ3n) is 12.7. The van der Waals surface area contributed by atoms with Crippen LogP contribution < -0.4 is 14.5 Å². The maximum absolute atomic E-state index is 14.1. The Morgan fingerprint density at radius 1 is 0.531 bits per heavy atom. The molecular weight excluding hydrogens is 788 g/mol. The van der Waals surface area contributed by atoms with E-state index in [2.05, 4.69) is 178 Å². The summed E-state index contributed by atoms with van der Waals surface area (Å²) in [4.78, 5) is 9.71. The van der Waals surface area contributed by atoms with E-state index in [9.17, 15) is 4.39 Å². The lowest BCUT2D eigenvalue weighted by Crippen LogP contribution is -2.26. The van der Waals surface area contributed by atoms with Crippen molar-refractivity contribution >= 4 is 44.6 Å². The third-order valence-corrected chi connectivity index (χ3v) is 12.7. The van der Waals surface area contributed by atoms with Gasteiger partial charge in [-0.05, 0) is 148 Å². The monoisotopic (exact) mass is 840 g/mol. The van der Waals surface area contributed by atoms with E-state index in [1.165, 1.54) is 44.6 Å². The zero-order valence-corrected chi connectivity index (χ0v) is 37.6. The summed E-state index contributed by atoms with van der Waals surface area (Å²) in [6.45, 7) is 16.4. The minimum absolute atomic E-state index is 0.228. The standard InChI is InChI=1S/C58H53FN4O/c1-36(2)47-14-8-9-15-48(47)42-29-44(33-46(30-42)64-45-24-25-50-49-16-10-11-17-53(49)63(55(50)34-45)57-18-12-13-27-60-57)61-35-62(56-28-39(7)19-26-54(56)61)58-51(37(3)4)31-41(32-52(58)38(5)6)40-20-22-43(59)23-21-40/h8-34,36-38H,35H2,1-7H3. The molecule has 3 heterocycles. The van der Waals surface area contributed by atoms with E-state index < -0.39 is 0 Å². The fraction of sp³-hybridized carbons (Fsp3) is 0.190. The van der Waals surface area contributed by atoms with Crippen molar-refractivity contribution in [3.05, 3.63) is 192 Å². The first-order valence-corrected chi connectivity index (χ1v) is 22.5. The van der Waals surface area contributed by atoms with Crippen molar-refractivity contribution in [1.82, 2.24) is 9.55 Å². The number of hydrogen-bond donors (Lipinski definition) is 0. The molecule has 0 atom stereocenters. The molecule has 0 unspecified atom stereocenters. The molecule has 0 spiro atoms. The number of benzene rings is 7. The van der Waals surface area contributed by atoms with E-state index >= 15 is 0 Å². The normalized spacial score (nSPS) is 12.7. The molecule has 0 saturated carbocycles. The van der Waals surface area contributed by atoms with Gasteiger partial charge in [-0.15, -0.1) is 0 Å². The van der Waals surface area contributed by atoms with Crippen LogP contribution in [-0.2, 0) is 0 Å². The maximum Gasteiger partial charge on any atom is 0.137 e. The average Bonchev–Trinajstić information content (AvgIpc) is 3.84. The minimum atomic E-state index is -0.228. The highest BCUT2D eigenvalue weighted by Crippen LogP contribution is 2.51. The van der Waals surface area contributed by atoms with Crippen LogP contribution in [-0.4, -0.2) is 16.2 Å². The van der Waals surface area contributed by atoms with Crippen LogP contribution >= 0.6 is 0 Å². The molecule has 1 aliphatic rings. The molecule has 0 saturated heterocycles. The SMILES string of the molecule is Cc1ccc2c(c1)N(c1c(C(C)C)cc(-c3ccc(F)cc3)cc1C(C)C)CN2c1cc(Oc2ccc3c4ccccc4n(-c4ccccn4)c3c2)cc(-c2ccccc2C(C)C)c1. The molecule has 1 aliphatic heterocycles. The molecule has 0 radical (unpaired) electrons. The fourth-order valence-electron chi connectivity index (χ4n) is 9.56. The van der Waals surface area contributed by atoms with Gasteiger partial charge >= 0.3 is 0 Å². The molecule has 0 fully saturated rings. The molecule has 0 amide bonds. The van der Waals surface area contributed by atoms with Gasteiger partial charge in [0, 0.05) is 40.5 Å². The van der Waals surface area contributed by atoms with Crippen LogP contribution in [0, 0.1) is 12.7 Å². The van der Waals surface area contributed by atoms with Crippen LogP contribution in [0.25, 0.3) is 49.9 Å². The van der Waals surface area contributed by atoms with Crippen molar-refractivity contribution in [1.29, 1.82) is 0 Å². The van der Waals surface area contributed by atoms with Crippen molar-refractivity contribution in [2.45, 2.75) is 66.2 Å². The van der Waals surface area contributed by atoms with Gasteiger partial charge in [-0.1, -0.05) is 108 Å². The Morgan fingerprint density at radius 3 is 1.97 bits per heavy atom. The molecule has 10 rings (SSSR count). The molecule has 318 valence electrons. The molecule has 0 bridgehead atoms. The molecule has 64 heavy (non-hydrogen) atoms. The summed E-state index contributed by atoms with van der Waals surface area (Å²) in [6.07, 6.45) is 1.84. The Kier molecular flexibility index (Phi) is 10.5. The summed E-state index contributed by atoms with van der Waals surface area (Å²) in [7, 11) is 0. The second-order valence-electron chi connectivity index (χ2n) is 18.1. The van der Waals surface area contributed by atoms with Gasteiger partial charge in [0.2, 0.25) is 0 Å². The summed E-state index contributed by atoms with van der Waals surface area (Å²) in [5.74, 6) is 2.93. The first kappa shape index (κ1) is 40.9. The van der Waals surface area contributed by atoms with Crippen LogP contribution in [0.5, 0.6) is 11.5 Å². The van der Waals surface area contributed by atoms with E-state index in [-0.39, 0.29) is 17.7 Å². The topological polar surface area (TPSA) is 33.5 Å². The number of aromatic nitrogens is 2. The Labute approximate surface area is 376 Å². The van der Waals surface area contributed by atoms with E-state index in [1.807, 2.05) is 36.5 Å². The quantitative estimate of drug-likeness (QED) is 0.137. The van der Waals surface area contributed by atoms with E-state index in [1.54, 1.807) is 12.1 Å². The number of nitrogens with zero attached hydrogens (tertiary/aromatic N) is 4. The number of rotatable bonds is 10. The van der Waals surface area contributed by atoms with Gasteiger partial charge in [-0.3, -0.25) is 4.57 Å². The zero-order valence-electron chi connectivity index (χ0n) is 37.6. The fourth-order valence-corrected chi connectivity index (χ4v) is 9.56. The number of hydrogen-bond acceptors (Lipinski definition) is 4. The lowest BCUT2D eigenvalue weighted by atomic mass is 9.87. The highest BCUT2D eigenvalue weighted by molar-refractivity contribution is 6.09. The van der Waals surface area contributed by atoms with Gasteiger partial charge in [0.1, 0.15) is 29.8 Å². The smallest absolute Gasteiger partial charge is 0.137 e. The lowest BCUT2D eigenvalue weighted by molar-refractivity contribution is 0.483. The van der Waals surface area contributed by atoms with Crippen LogP contribution in [0.2, 0.25) is 0 Å². The Hall–Kier alpha value is -7.18. The third kappa shape index (κ3) is 7.37. The summed E-state index contributed by atoms with van der Waals surface area (Å²) in [5, 5.41) is 2.31. The van der Waals surface area contributed by atoms with Crippen molar-refractivity contribution in [2.24, 2.45) is 0 Å². The second kappa shape index (κ2) is 16.5. The lowest BCUT2D eigenvalue weighted by Gasteiger charge is -2.30. The largest absolute Gasteiger partial charge is 0.457 e. The number of para-hydroxylation sites is 1. The molecule has 0 aliphatic carbocycles. The summed E-state index contributed by atoms with van der Waals surface area (Å²) in [6, 6.07) is 54.7. The number of anilines is 4. The highest BCUT2D eigenvalue weighted by Gasteiger charge is 2.33. The molecule has 9 aromatic rings. The first-order chi connectivity index (χ1) is 31.0. The average molecular weight is 841 g/mol. The van der Waals surface area contributed by atoms with Crippen LogP contribution in [0.3, 0.4) is 0 Å². The number of pyridine rings is 1. The molecule has 7 aromatic carbocycles. The van der Waals surface area contributed by atoms with Crippen molar-refractivity contribution in [3.63, 3.8) is 0 Å². The van der Waals surface area contributed by atoms with Gasteiger partial charge in [-0.2, -0.15) is 0 Å². The van der Waals surface area contributed by atoms with E-state index in [0.717, 1.165) is 61.8 Å². The predicted octanol–water partition coefficient (Wildman–Crippen LogP) is 16.4. The number of fused-ring (bicyclic) bond motifs is 4. The van der Waals surface area contributed by atoms with E-state index in [0.29, 0.717) is 12.6 Å². The van der Waals surface area contributed by atoms with Crippen LogP contribution in [0.15, 0.2) is 164 Å². The molecule has 5 nitrogen and oxygen atoms in total. The van der Waals surface area contributed by atoms with Crippen molar-refractivity contribution in [2.75, 3.05) is 16.5 Å². The highest BCUT2D eigenvalue weighted by atomic mass is 19.1. The maximum atomic E-state index is 14.1. The number of ether oxygens (including phenoxy) is 1. The van der Waals surface area contributed by atoms with Gasteiger partial charge in [0.15, 0.2) is 0 Å². The van der Waals surface area contributed by atoms with Crippen LogP contribution in [0.4, 0.5) is 27.1 Å². The van der Waals surface area contributed by atoms with Gasteiger partial charge in [0.05, 0.1) is 22.4 Å². The minimum Gasteiger partial charge on any atom is -0.457 e. The predicted molar refractivity (Wildman–Crippen MR) is 265 cm³/mol. The van der Waals surface area contributed by atoms with Gasteiger partial charge in [-0.25, -0.2) is 9.37 Å². The zero-order chi connectivity index (χ0) is 44.2. The second-order valence-corrected chi connectivity index (χ2v) is 18.1. The number of aryl methyl sites for hydroxylation is 1. The Balaban J connectivity index is 1.13. The Morgan fingerprint density at radius 2 is 1.23 bits per heavy atom. The first-order valence-electron chi connectivity index (χ1n) is 22.5. The molecule has 0 N–H and O–H groups in total. The van der Waals surface area contributed by atoms with Crippen LogP contribution in [0.1, 0.15) is 81.5 Å². The summed E-state index contributed by atoms with van der Waals surface area (Å²) in [5.41, 5.74) is 16.1. The number of halogens is 1. The summed E-state index contributed by atoms with van der Waals surface area (Å²) >= 11 is 0.